The van der Waals surface area contributed by atoms with E-state index in [1.54, 1.807) is 24.3 Å². The molecule has 0 radical (unpaired) electrons. The number of halogens is 2. The van der Waals surface area contributed by atoms with Crippen molar-refractivity contribution in [3.8, 4) is 17.2 Å². The van der Waals surface area contributed by atoms with E-state index in [1.807, 2.05) is 6.92 Å². The van der Waals surface area contributed by atoms with Gasteiger partial charge in [0.2, 0.25) is 0 Å². The lowest BCUT2D eigenvalue weighted by molar-refractivity contribution is -0.119. The van der Waals surface area contributed by atoms with Crippen LogP contribution in [0, 0.1) is 0 Å². The predicted molar refractivity (Wildman–Crippen MR) is 120 cm³/mol. The van der Waals surface area contributed by atoms with Crippen molar-refractivity contribution in [1.82, 2.24) is 5.43 Å². The number of carbonyl (C=O) groups excluding carboxylic acids is 2. The minimum atomic E-state index is -0.659. The number of carbonyl (C=O) groups is 2. The second-order valence-electron chi connectivity index (χ2n) is 5.96. The number of ether oxygens (including phenoxy) is 3. The zero-order chi connectivity index (χ0) is 22.8. The summed E-state index contributed by atoms with van der Waals surface area (Å²) < 4.78 is 16.2. The van der Waals surface area contributed by atoms with Crippen LogP contribution in [0.1, 0.15) is 22.8 Å². The van der Waals surface area contributed by atoms with E-state index in [0.29, 0.717) is 35.8 Å². The summed E-state index contributed by atoms with van der Waals surface area (Å²) in [5, 5.41) is 4.24. The molecule has 2 aromatic carbocycles. The first-order valence-corrected chi connectivity index (χ1v) is 9.85. The molecule has 0 aliphatic carbocycles. The number of nitrogens with zero attached hydrogens (tertiary/aromatic N) is 1. The van der Waals surface area contributed by atoms with Crippen LogP contribution in [0.4, 0.5) is 0 Å². The molecule has 0 saturated heterocycles. The third-order valence-corrected chi connectivity index (χ3v) is 4.18. The van der Waals surface area contributed by atoms with Gasteiger partial charge >= 0.3 is 0 Å². The summed E-state index contributed by atoms with van der Waals surface area (Å²) in [4.78, 5) is 23.2. The topological polar surface area (TPSA) is 112 Å². The van der Waals surface area contributed by atoms with E-state index >= 15 is 0 Å². The zero-order valence-corrected chi connectivity index (χ0v) is 18.2. The number of amides is 2. The molecule has 0 aliphatic heterocycles. The van der Waals surface area contributed by atoms with Gasteiger partial charge in [-0.25, -0.2) is 5.43 Å². The molecular weight excluding hydrogens is 445 g/mol. The number of hydrazone groups is 1. The molecule has 2 amide bonds. The quantitative estimate of drug-likeness (QED) is 0.299. The summed E-state index contributed by atoms with van der Waals surface area (Å²) in [7, 11) is 0. The number of hydrogen-bond donors (Lipinski definition) is 2. The SMILES string of the molecule is C=CCOc1ccc(C(=O)N/N=C/c2cc(Cl)c(OCC(N)=O)c(Cl)c2)cc1OCC. The maximum Gasteiger partial charge on any atom is 0.271 e. The fraction of sp³-hybridized carbons (Fsp3) is 0.190. The second-order valence-corrected chi connectivity index (χ2v) is 6.78. The van der Waals surface area contributed by atoms with Crippen molar-refractivity contribution in [2.24, 2.45) is 10.8 Å². The van der Waals surface area contributed by atoms with E-state index in [2.05, 4.69) is 17.1 Å². The summed E-state index contributed by atoms with van der Waals surface area (Å²) >= 11 is 12.2. The Morgan fingerprint density at radius 3 is 2.45 bits per heavy atom. The molecular formula is C21H21Cl2N3O5. The molecule has 2 rings (SSSR count). The van der Waals surface area contributed by atoms with Crippen LogP contribution in [-0.4, -0.2) is 37.8 Å². The lowest BCUT2D eigenvalue weighted by Gasteiger charge is -2.12. The van der Waals surface area contributed by atoms with Crippen LogP contribution in [0.15, 0.2) is 48.1 Å². The molecule has 164 valence electrons. The highest BCUT2D eigenvalue weighted by Gasteiger charge is 2.12. The summed E-state index contributed by atoms with van der Waals surface area (Å²) in [6.45, 7) is 5.79. The predicted octanol–water partition coefficient (Wildman–Crippen LogP) is 3.58. The van der Waals surface area contributed by atoms with Gasteiger partial charge < -0.3 is 19.9 Å². The maximum atomic E-state index is 12.4. The molecule has 0 aromatic heterocycles. The summed E-state index contributed by atoms with van der Waals surface area (Å²) in [6.07, 6.45) is 2.97. The highest BCUT2D eigenvalue weighted by Crippen LogP contribution is 2.33. The highest BCUT2D eigenvalue weighted by atomic mass is 35.5. The van der Waals surface area contributed by atoms with Gasteiger partial charge in [0.15, 0.2) is 23.9 Å². The Kier molecular flexibility index (Phi) is 9.17. The third-order valence-electron chi connectivity index (χ3n) is 3.62. The Balaban J connectivity index is 2.08. The van der Waals surface area contributed by atoms with Gasteiger partial charge in [-0.3, -0.25) is 9.59 Å². The first kappa shape index (κ1) is 24.0. The molecule has 0 atom stereocenters. The number of hydrogen-bond acceptors (Lipinski definition) is 6. The summed E-state index contributed by atoms with van der Waals surface area (Å²) in [5.74, 6) is -0.0410. The average molecular weight is 466 g/mol. The van der Waals surface area contributed by atoms with Crippen molar-refractivity contribution in [1.29, 1.82) is 0 Å². The number of benzene rings is 2. The second kappa shape index (κ2) is 11.8. The fourth-order valence-corrected chi connectivity index (χ4v) is 2.96. The Morgan fingerprint density at radius 1 is 1.13 bits per heavy atom. The Bertz CT molecular complexity index is 972. The van der Waals surface area contributed by atoms with Crippen LogP contribution in [0.5, 0.6) is 17.2 Å². The first-order chi connectivity index (χ1) is 14.8. The Labute approximate surface area is 189 Å². The van der Waals surface area contributed by atoms with Crippen molar-refractivity contribution in [2.45, 2.75) is 6.92 Å². The largest absolute Gasteiger partial charge is 0.490 e. The standard InChI is InChI=1S/C21H21Cl2N3O5/c1-3-7-30-17-6-5-14(10-18(17)29-4-2)21(28)26-25-11-13-8-15(22)20(16(23)9-13)31-12-19(24)27/h3,5-6,8-11H,1,4,7,12H2,2H3,(H2,24,27)(H,26,28)/b25-11+. The van der Waals surface area contributed by atoms with Crippen LogP contribution in [-0.2, 0) is 4.79 Å². The van der Waals surface area contributed by atoms with Crippen LogP contribution in [0.3, 0.4) is 0 Å². The molecule has 3 N–H and O–H groups in total. The number of nitrogens with one attached hydrogen (secondary N) is 1. The van der Waals surface area contributed by atoms with E-state index in [9.17, 15) is 9.59 Å². The number of primary amides is 1. The monoisotopic (exact) mass is 465 g/mol. The number of rotatable bonds is 11. The normalized spacial score (nSPS) is 10.5. The molecule has 2 aromatic rings. The van der Waals surface area contributed by atoms with Gasteiger partial charge in [0.05, 0.1) is 22.9 Å². The van der Waals surface area contributed by atoms with E-state index in [4.69, 9.17) is 43.1 Å². The van der Waals surface area contributed by atoms with E-state index in [-0.39, 0.29) is 22.4 Å². The third kappa shape index (κ3) is 7.20. The van der Waals surface area contributed by atoms with Crippen molar-refractivity contribution in [3.63, 3.8) is 0 Å². The van der Waals surface area contributed by atoms with E-state index < -0.39 is 11.8 Å². The smallest absolute Gasteiger partial charge is 0.271 e. The average Bonchev–Trinajstić information content (AvgIpc) is 2.72. The van der Waals surface area contributed by atoms with Gasteiger partial charge in [0.1, 0.15) is 6.61 Å². The molecule has 0 spiro atoms. The molecule has 10 heteroatoms. The van der Waals surface area contributed by atoms with Crippen molar-refractivity contribution in [3.05, 3.63) is 64.2 Å². The molecule has 0 saturated carbocycles. The van der Waals surface area contributed by atoms with Gasteiger partial charge in [-0.15, -0.1) is 0 Å². The van der Waals surface area contributed by atoms with Crippen LogP contribution in [0.25, 0.3) is 0 Å². The van der Waals surface area contributed by atoms with Gasteiger partial charge in [0, 0.05) is 5.56 Å². The minimum absolute atomic E-state index is 0.130. The Hall–Kier alpha value is -3.23. The van der Waals surface area contributed by atoms with Gasteiger partial charge in [-0.1, -0.05) is 35.9 Å². The van der Waals surface area contributed by atoms with Crippen LogP contribution in [0.2, 0.25) is 10.0 Å². The van der Waals surface area contributed by atoms with E-state index in [1.165, 1.54) is 18.3 Å². The summed E-state index contributed by atoms with van der Waals surface area (Å²) in [6, 6.07) is 7.81. The molecule has 8 nitrogen and oxygen atoms in total. The van der Waals surface area contributed by atoms with Crippen molar-refractivity contribution >= 4 is 41.2 Å². The molecule has 0 unspecified atom stereocenters. The van der Waals surface area contributed by atoms with Gasteiger partial charge in [-0.2, -0.15) is 5.10 Å². The van der Waals surface area contributed by atoms with Crippen molar-refractivity contribution < 1.29 is 23.8 Å². The molecule has 0 bridgehead atoms. The lowest BCUT2D eigenvalue weighted by Crippen LogP contribution is -2.20. The van der Waals surface area contributed by atoms with Crippen LogP contribution >= 0.6 is 23.2 Å². The highest BCUT2D eigenvalue weighted by molar-refractivity contribution is 6.37. The van der Waals surface area contributed by atoms with Crippen molar-refractivity contribution in [2.75, 3.05) is 19.8 Å². The maximum absolute atomic E-state index is 12.4. The minimum Gasteiger partial charge on any atom is -0.490 e. The summed E-state index contributed by atoms with van der Waals surface area (Å²) in [5.41, 5.74) is 8.29. The molecule has 0 aliphatic rings. The van der Waals surface area contributed by atoms with Crippen LogP contribution < -0.4 is 25.4 Å². The molecule has 31 heavy (non-hydrogen) atoms. The lowest BCUT2D eigenvalue weighted by atomic mass is 10.2. The van der Waals surface area contributed by atoms with E-state index in [0.717, 1.165) is 0 Å². The first-order valence-electron chi connectivity index (χ1n) is 9.09. The van der Waals surface area contributed by atoms with Gasteiger partial charge in [-0.05, 0) is 42.8 Å². The number of nitrogens with two attached hydrogens (primary N) is 1. The molecule has 0 fully saturated rings. The molecule has 0 heterocycles. The zero-order valence-electron chi connectivity index (χ0n) is 16.7. The van der Waals surface area contributed by atoms with Gasteiger partial charge in [0.25, 0.3) is 11.8 Å². The Morgan fingerprint density at radius 2 is 1.84 bits per heavy atom. The fourth-order valence-electron chi connectivity index (χ4n) is 2.35.